The van der Waals surface area contributed by atoms with Crippen molar-refractivity contribution in [1.29, 1.82) is 0 Å². The second kappa shape index (κ2) is 5.27. The van der Waals surface area contributed by atoms with Crippen molar-refractivity contribution >= 4 is 39.1 Å². The summed E-state index contributed by atoms with van der Waals surface area (Å²) in [6.45, 7) is 6.53. The molecule has 0 unspecified atom stereocenters. The predicted molar refractivity (Wildman–Crippen MR) is 80.2 cm³/mol. The van der Waals surface area contributed by atoms with Gasteiger partial charge in [-0.1, -0.05) is 11.6 Å². The Morgan fingerprint density at radius 1 is 1.40 bits per heavy atom. The Kier molecular flexibility index (Phi) is 3.62. The number of hydrogen-bond acceptors (Lipinski definition) is 5. The first-order valence-corrected chi connectivity index (χ1v) is 7.65. The number of aryl methyl sites for hydroxylation is 2. The van der Waals surface area contributed by atoms with Gasteiger partial charge in [-0.15, -0.1) is 11.3 Å². The second-order valence-electron chi connectivity index (χ2n) is 4.95. The molecule has 1 N–H and O–H groups in total. The van der Waals surface area contributed by atoms with Crippen LogP contribution in [-0.2, 0) is 11.3 Å². The van der Waals surface area contributed by atoms with Crippen molar-refractivity contribution in [1.82, 2.24) is 20.2 Å². The molecule has 1 fully saturated rings. The van der Waals surface area contributed by atoms with Gasteiger partial charge >= 0.3 is 0 Å². The van der Waals surface area contributed by atoms with Crippen LogP contribution in [0.15, 0.2) is 0 Å². The number of carbonyl (C=O) groups is 1. The molecule has 20 heavy (non-hydrogen) atoms. The summed E-state index contributed by atoms with van der Waals surface area (Å²) in [7, 11) is 0. The van der Waals surface area contributed by atoms with E-state index >= 15 is 0 Å². The van der Waals surface area contributed by atoms with Crippen LogP contribution in [0.4, 0.5) is 0 Å². The van der Waals surface area contributed by atoms with Gasteiger partial charge in [0.1, 0.15) is 15.8 Å². The molecule has 3 rings (SSSR count). The van der Waals surface area contributed by atoms with Crippen LogP contribution in [0.1, 0.15) is 16.3 Å². The quantitative estimate of drug-likeness (QED) is 0.861. The lowest BCUT2D eigenvalue weighted by atomic mass is 10.2. The van der Waals surface area contributed by atoms with Crippen LogP contribution in [0.2, 0.25) is 5.15 Å². The molecule has 106 valence electrons. The normalized spacial score (nSPS) is 16.6. The van der Waals surface area contributed by atoms with Crippen molar-refractivity contribution in [3.05, 3.63) is 21.4 Å². The van der Waals surface area contributed by atoms with Crippen molar-refractivity contribution < 1.29 is 4.79 Å². The number of hydrogen-bond donors (Lipinski definition) is 1. The molecule has 1 amide bonds. The number of aromatic nitrogens is 2. The standard InChI is InChI=1S/C13H15ClN4OS/c1-7-8(2)20-13-11(7)12(14)16-9(17-13)5-18-4-3-15-10(19)6-18/h3-6H2,1-2H3,(H,15,19). The highest BCUT2D eigenvalue weighted by Gasteiger charge is 2.19. The van der Waals surface area contributed by atoms with Gasteiger partial charge in [-0.2, -0.15) is 0 Å². The minimum absolute atomic E-state index is 0.0474. The van der Waals surface area contributed by atoms with Crippen LogP contribution < -0.4 is 5.32 Å². The molecule has 0 aromatic carbocycles. The van der Waals surface area contributed by atoms with E-state index in [4.69, 9.17) is 11.6 Å². The fourth-order valence-electron chi connectivity index (χ4n) is 2.34. The Hall–Kier alpha value is -1.24. The van der Waals surface area contributed by atoms with E-state index in [0.717, 1.165) is 22.3 Å². The van der Waals surface area contributed by atoms with E-state index in [2.05, 4.69) is 22.2 Å². The number of thiophene rings is 1. The van der Waals surface area contributed by atoms with Gasteiger partial charge < -0.3 is 5.32 Å². The molecular weight excluding hydrogens is 296 g/mol. The minimum atomic E-state index is 0.0474. The van der Waals surface area contributed by atoms with Crippen LogP contribution in [0.5, 0.6) is 0 Å². The van der Waals surface area contributed by atoms with E-state index in [9.17, 15) is 4.79 Å². The molecule has 5 nitrogen and oxygen atoms in total. The highest BCUT2D eigenvalue weighted by Crippen LogP contribution is 2.32. The van der Waals surface area contributed by atoms with Gasteiger partial charge in [0.2, 0.25) is 5.91 Å². The van der Waals surface area contributed by atoms with Gasteiger partial charge in [0.25, 0.3) is 0 Å². The highest BCUT2D eigenvalue weighted by molar-refractivity contribution is 7.18. The molecule has 3 heterocycles. The van der Waals surface area contributed by atoms with E-state index in [1.54, 1.807) is 11.3 Å². The maximum Gasteiger partial charge on any atom is 0.234 e. The van der Waals surface area contributed by atoms with Crippen LogP contribution in [-0.4, -0.2) is 40.4 Å². The maximum atomic E-state index is 11.4. The van der Waals surface area contributed by atoms with E-state index in [0.29, 0.717) is 30.6 Å². The first kappa shape index (κ1) is 13.7. The topological polar surface area (TPSA) is 58.1 Å². The summed E-state index contributed by atoms with van der Waals surface area (Å²) in [5.74, 6) is 0.727. The zero-order valence-electron chi connectivity index (χ0n) is 11.4. The molecule has 2 aromatic heterocycles. The summed E-state index contributed by atoms with van der Waals surface area (Å²) in [5, 5.41) is 4.26. The van der Waals surface area contributed by atoms with Gasteiger partial charge in [-0.25, -0.2) is 9.97 Å². The molecule has 1 aliphatic rings. The SMILES string of the molecule is Cc1sc2nc(CN3CCNC(=O)C3)nc(Cl)c2c1C. The smallest absolute Gasteiger partial charge is 0.234 e. The van der Waals surface area contributed by atoms with Crippen LogP contribution in [0, 0.1) is 13.8 Å². The Labute approximate surface area is 126 Å². The third-order valence-corrected chi connectivity index (χ3v) is 4.89. The third-order valence-electron chi connectivity index (χ3n) is 3.51. The highest BCUT2D eigenvalue weighted by atomic mass is 35.5. The molecular formula is C13H15ClN4OS. The van der Waals surface area contributed by atoms with E-state index in [-0.39, 0.29) is 5.91 Å². The zero-order chi connectivity index (χ0) is 14.3. The Morgan fingerprint density at radius 2 is 2.20 bits per heavy atom. The van der Waals surface area contributed by atoms with Gasteiger partial charge in [0.15, 0.2) is 0 Å². The lowest BCUT2D eigenvalue weighted by Crippen LogP contribution is -2.47. The lowest BCUT2D eigenvalue weighted by Gasteiger charge is -2.25. The maximum absolute atomic E-state index is 11.4. The number of fused-ring (bicyclic) bond motifs is 1. The molecule has 0 atom stereocenters. The van der Waals surface area contributed by atoms with Crippen molar-refractivity contribution in [3.63, 3.8) is 0 Å². The number of carbonyl (C=O) groups excluding carboxylic acids is 1. The molecule has 0 bridgehead atoms. The van der Waals surface area contributed by atoms with Crippen LogP contribution >= 0.6 is 22.9 Å². The summed E-state index contributed by atoms with van der Waals surface area (Å²) < 4.78 is 0. The average Bonchev–Trinajstić information content (AvgIpc) is 2.65. The molecule has 7 heteroatoms. The fourth-order valence-corrected chi connectivity index (χ4v) is 3.77. The van der Waals surface area contributed by atoms with Crippen molar-refractivity contribution in [2.24, 2.45) is 0 Å². The molecule has 1 saturated heterocycles. The van der Waals surface area contributed by atoms with Crippen molar-refractivity contribution in [3.8, 4) is 0 Å². The van der Waals surface area contributed by atoms with Gasteiger partial charge in [-0.3, -0.25) is 9.69 Å². The largest absolute Gasteiger partial charge is 0.354 e. The Bertz CT molecular complexity index is 685. The Balaban J connectivity index is 1.90. The second-order valence-corrected chi connectivity index (χ2v) is 6.52. The van der Waals surface area contributed by atoms with E-state index in [1.165, 1.54) is 4.88 Å². The molecule has 0 saturated carbocycles. The van der Waals surface area contributed by atoms with Gasteiger partial charge in [0, 0.05) is 18.0 Å². The van der Waals surface area contributed by atoms with E-state index in [1.807, 2.05) is 11.8 Å². The summed E-state index contributed by atoms with van der Waals surface area (Å²) >= 11 is 7.92. The fraction of sp³-hybridized carbons (Fsp3) is 0.462. The summed E-state index contributed by atoms with van der Waals surface area (Å²) in [6, 6.07) is 0. The minimum Gasteiger partial charge on any atom is -0.354 e. The lowest BCUT2D eigenvalue weighted by molar-refractivity contribution is -0.124. The van der Waals surface area contributed by atoms with E-state index < -0.39 is 0 Å². The summed E-state index contributed by atoms with van der Waals surface area (Å²) in [6.07, 6.45) is 0. The first-order chi connectivity index (χ1) is 9.54. The molecule has 2 aromatic rings. The van der Waals surface area contributed by atoms with Crippen molar-refractivity contribution in [2.75, 3.05) is 19.6 Å². The number of amides is 1. The number of rotatable bonds is 2. The molecule has 1 aliphatic heterocycles. The number of nitrogens with one attached hydrogen (secondary N) is 1. The summed E-state index contributed by atoms with van der Waals surface area (Å²) in [4.78, 5) is 24.5. The number of halogens is 1. The molecule has 0 spiro atoms. The number of nitrogens with zero attached hydrogens (tertiary/aromatic N) is 3. The van der Waals surface area contributed by atoms with Gasteiger partial charge in [0.05, 0.1) is 18.5 Å². The van der Waals surface area contributed by atoms with Crippen LogP contribution in [0.25, 0.3) is 10.2 Å². The van der Waals surface area contributed by atoms with Crippen LogP contribution in [0.3, 0.4) is 0 Å². The predicted octanol–water partition coefficient (Wildman–Crippen LogP) is 1.89. The zero-order valence-corrected chi connectivity index (χ0v) is 12.9. The monoisotopic (exact) mass is 310 g/mol. The summed E-state index contributed by atoms with van der Waals surface area (Å²) in [5.41, 5.74) is 1.15. The number of piperazine rings is 1. The molecule has 0 radical (unpaired) electrons. The molecule has 0 aliphatic carbocycles. The van der Waals surface area contributed by atoms with Gasteiger partial charge in [-0.05, 0) is 19.4 Å². The third kappa shape index (κ3) is 2.51. The average molecular weight is 311 g/mol. The Morgan fingerprint density at radius 3 is 2.95 bits per heavy atom. The first-order valence-electron chi connectivity index (χ1n) is 6.46. The van der Waals surface area contributed by atoms with Crippen molar-refractivity contribution in [2.45, 2.75) is 20.4 Å².